The van der Waals surface area contributed by atoms with Crippen molar-refractivity contribution in [3.63, 3.8) is 0 Å². The van der Waals surface area contributed by atoms with E-state index in [1.807, 2.05) is 12.1 Å². The Morgan fingerprint density at radius 1 is 1.21 bits per heavy atom. The smallest absolute Gasteiger partial charge is 0.0472 e. The quantitative estimate of drug-likeness (QED) is 0.685. The van der Waals surface area contributed by atoms with Gasteiger partial charge >= 0.3 is 0 Å². The van der Waals surface area contributed by atoms with E-state index in [2.05, 4.69) is 38.2 Å². The van der Waals surface area contributed by atoms with Gasteiger partial charge in [-0.15, -0.1) is 0 Å². The lowest BCUT2D eigenvalue weighted by atomic mass is 9.95. The van der Waals surface area contributed by atoms with Crippen molar-refractivity contribution in [1.82, 2.24) is 5.32 Å². The number of nitrogens with one attached hydrogen (secondary N) is 1. The summed E-state index contributed by atoms with van der Waals surface area (Å²) in [5.41, 5.74) is 1.22. The lowest BCUT2D eigenvalue weighted by molar-refractivity contribution is 0.127. The van der Waals surface area contributed by atoms with E-state index in [4.69, 9.17) is 16.3 Å². The second-order valence-corrected chi connectivity index (χ2v) is 5.59. The van der Waals surface area contributed by atoms with Gasteiger partial charge in [-0.2, -0.15) is 0 Å². The SMILES string of the molecule is CCCOCCC(CNC(C)C)c1ccccc1Cl. The number of hydrogen-bond acceptors (Lipinski definition) is 2. The second-order valence-electron chi connectivity index (χ2n) is 5.18. The maximum atomic E-state index is 6.31. The van der Waals surface area contributed by atoms with Gasteiger partial charge in [-0.05, 0) is 24.5 Å². The zero-order valence-corrected chi connectivity index (χ0v) is 13.0. The van der Waals surface area contributed by atoms with Crippen LogP contribution < -0.4 is 5.32 Å². The molecule has 108 valence electrons. The first-order chi connectivity index (χ1) is 9.15. The van der Waals surface area contributed by atoms with Gasteiger partial charge in [0.05, 0.1) is 0 Å². The van der Waals surface area contributed by atoms with E-state index in [0.29, 0.717) is 12.0 Å². The Kier molecular flexibility index (Phi) is 8.11. The number of halogens is 1. The molecule has 0 saturated carbocycles. The second kappa shape index (κ2) is 9.35. The number of hydrogen-bond donors (Lipinski definition) is 1. The van der Waals surface area contributed by atoms with E-state index in [1.165, 1.54) is 5.56 Å². The highest BCUT2D eigenvalue weighted by molar-refractivity contribution is 6.31. The normalized spacial score (nSPS) is 12.9. The lowest BCUT2D eigenvalue weighted by Crippen LogP contribution is -2.28. The summed E-state index contributed by atoms with van der Waals surface area (Å²) in [5, 5.41) is 4.35. The molecule has 0 aliphatic rings. The molecule has 0 spiro atoms. The van der Waals surface area contributed by atoms with Crippen molar-refractivity contribution in [2.75, 3.05) is 19.8 Å². The maximum absolute atomic E-state index is 6.31. The van der Waals surface area contributed by atoms with Crippen LogP contribution in [0, 0.1) is 0 Å². The molecule has 19 heavy (non-hydrogen) atoms. The number of rotatable bonds is 9. The number of ether oxygens (including phenoxy) is 1. The summed E-state index contributed by atoms with van der Waals surface area (Å²) in [6.07, 6.45) is 2.07. The molecule has 0 bridgehead atoms. The highest BCUT2D eigenvalue weighted by atomic mass is 35.5. The third-order valence-electron chi connectivity index (χ3n) is 3.08. The van der Waals surface area contributed by atoms with E-state index >= 15 is 0 Å². The van der Waals surface area contributed by atoms with Crippen molar-refractivity contribution >= 4 is 11.6 Å². The van der Waals surface area contributed by atoms with Crippen molar-refractivity contribution in [3.05, 3.63) is 34.9 Å². The molecular weight excluding hydrogens is 258 g/mol. The zero-order chi connectivity index (χ0) is 14.1. The molecule has 0 aliphatic carbocycles. The molecule has 0 fully saturated rings. The molecule has 2 nitrogen and oxygen atoms in total. The van der Waals surface area contributed by atoms with Crippen LogP contribution in [0.3, 0.4) is 0 Å². The fraction of sp³-hybridized carbons (Fsp3) is 0.625. The Hall–Kier alpha value is -0.570. The van der Waals surface area contributed by atoms with Gasteiger partial charge in [-0.25, -0.2) is 0 Å². The molecule has 0 radical (unpaired) electrons. The fourth-order valence-electron chi connectivity index (χ4n) is 2.02. The maximum Gasteiger partial charge on any atom is 0.0472 e. The minimum Gasteiger partial charge on any atom is -0.381 e. The van der Waals surface area contributed by atoms with Crippen LogP contribution in [0.4, 0.5) is 0 Å². The highest BCUT2D eigenvalue weighted by Gasteiger charge is 2.14. The molecule has 1 rings (SSSR count). The monoisotopic (exact) mass is 283 g/mol. The molecule has 0 amide bonds. The predicted molar refractivity (Wildman–Crippen MR) is 83.1 cm³/mol. The van der Waals surface area contributed by atoms with Gasteiger partial charge in [0.15, 0.2) is 0 Å². The van der Waals surface area contributed by atoms with Gasteiger partial charge in [-0.1, -0.05) is 50.6 Å². The topological polar surface area (TPSA) is 21.3 Å². The average Bonchev–Trinajstić information content (AvgIpc) is 2.39. The van der Waals surface area contributed by atoms with Crippen LogP contribution in [0.5, 0.6) is 0 Å². The minimum atomic E-state index is 0.410. The van der Waals surface area contributed by atoms with Gasteiger partial charge in [-0.3, -0.25) is 0 Å². The van der Waals surface area contributed by atoms with Gasteiger partial charge in [0, 0.05) is 36.7 Å². The van der Waals surface area contributed by atoms with Crippen molar-refractivity contribution in [1.29, 1.82) is 0 Å². The first kappa shape index (κ1) is 16.5. The van der Waals surface area contributed by atoms with Gasteiger partial charge < -0.3 is 10.1 Å². The Morgan fingerprint density at radius 2 is 1.95 bits per heavy atom. The fourth-order valence-corrected chi connectivity index (χ4v) is 2.31. The molecule has 0 aliphatic heterocycles. The van der Waals surface area contributed by atoms with E-state index < -0.39 is 0 Å². The first-order valence-corrected chi connectivity index (χ1v) is 7.58. The van der Waals surface area contributed by atoms with Gasteiger partial charge in [0.1, 0.15) is 0 Å². The summed E-state index contributed by atoms with van der Waals surface area (Å²) in [6, 6.07) is 8.60. The van der Waals surface area contributed by atoms with Crippen LogP contribution in [-0.4, -0.2) is 25.8 Å². The molecule has 1 unspecified atom stereocenters. The minimum absolute atomic E-state index is 0.410. The van der Waals surface area contributed by atoms with Crippen LogP contribution in [0.2, 0.25) is 5.02 Å². The van der Waals surface area contributed by atoms with Crippen molar-refractivity contribution in [2.45, 2.75) is 45.6 Å². The zero-order valence-electron chi connectivity index (χ0n) is 12.3. The molecule has 1 aromatic carbocycles. The van der Waals surface area contributed by atoms with Gasteiger partial charge in [0.25, 0.3) is 0 Å². The summed E-state index contributed by atoms with van der Waals surface area (Å²) < 4.78 is 5.61. The lowest BCUT2D eigenvalue weighted by Gasteiger charge is -2.21. The Balaban J connectivity index is 2.60. The highest BCUT2D eigenvalue weighted by Crippen LogP contribution is 2.26. The van der Waals surface area contributed by atoms with Crippen molar-refractivity contribution in [3.8, 4) is 0 Å². The summed E-state index contributed by atoms with van der Waals surface area (Å²) in [7, 11) is 0. The molecule has 1 N–H and O–H groups in total. The summed E-state index contributed by atoms with van der Waals surface area (Å²) in [4.78, 5) is 0. The summed E-state index contributed by atoms with van der Waals surface area (Å²) >= 11 is 6.31. The van der Waals surface area contributed by atoms with Crippen molar-refractivity contribution < 1.29 is 4.74 Å². The van der Waals surface area contributed by atoms with E-state index in [1.54, 1.807) is 0 Å². The van der Waals surface area contributed by atoms with Crippen LogP contribution >= 0.6 is 11.6 Å². The van der Waals surface area contributed by atoms with Crippen molar-refractivity contribution in [2.24, 2.45) is 0 Å². The standard InChI is InChI=1S/C16H26ClNO/c1-4-10-19-11-9-14(12-18-13(2)3)15-7-5-6-8-16(15)17/h5-8,13-14,18H,4,9-12H2,1-3H3. The van der Waals surface area contributed by atoms with Gasteiger partial charge in [0.2, 0.25) is 0 Å². The third kappa shape index (κ3) is 6.42. The molecule has 0 saturated heterocycles. The van der Waals surface area contributed by atoms with E-state index in [0.717, 1.165) is 37.6 Å². The largest absolute Gasteiger partial charge is 0.381 e. The van der Waals surface area contributed by atoms with Crippen LogP contribution in [0.15, 0.2) is 24.3 Å². The molecular formula is C16H26ClNO. The summed E-state index contributed by atoms with van der Waals surface area (Å²) in [6.45, 7) is 9.04. The van der Waals surface area contributed by atoms with Crippen LogP contribution in [-0.2, 0) is 4.74 Å². The molecule has 1 aromatic rings. The molecule has 3 heteroatoms. The summed E-state index contributed by atoms with van der Waals surface area (Å²) in [5.74, 6) is 0.410. The van der Waals surface area contributed by atoms with Crippen LogP contribution in [0.25, 0.3) is 0 Å². The van der Waals surface area contributed by atoms with E-state index in [9.17, 15) is 0 Å². The van der Waals surface area contributed by atoms with E-state index in [-0.39, 0.29) is 0 Å². The average molecular weight is 284 g/mol. The molecule has 0 heterocycles. The molecule has 1 atom stereocenters. The Bertz CT molecular complexity index is 354. The first-order valence-electron chi connectivity index (χ1n) is 7.20. The Labute approximate surface area is 122 Å². The number of benzene rings is 1. The predicted octanol–water partition coefficient (Wildman–Crippen LogP) is 4.24. The molecule has 0 aromatic heterocycles. The Morgan fingerprint density at radius 3 is 2.58 bits per heavy atom. The third-order valence-corrected chi connectivity index (χ3v) is 3.42. The van der Waals surface area contributed by atoms with Crippen LogP contribution in [0.1, 0.15) is 45.1 Å².